The van der Waals surface area contributed by atoms with Gasteiger partial charge in [-0.05, 0) is 24.1 Å². The quantitative estimate of drug-likeness (QED) is 0.562. The van der Waals surface area contributed by atoms with Gasteiger partial charge in [-0.3, -0.25) is 9.59 Å². The van der Waals surface area contributed by atoms with Crippen molar-refractivity contribution in [3.8, 4) is 5.75 Å². The number of hydrogen-bond donors (Lipinski definition) is 0. The van der Waals surface area contributed by atoms with Gasteiger partial charge in [0.2, 0.25) is 5.78 Å². The molecule has 0 spiro atoms. The van der Waals surface area contributed by atoms with Gasteiger partial charge in [0.1, 0.15) is 0 Å². The van der Waals surface area contributed by atoms with Gasteiger partial charge in [-0.15, -0.1) is 0 Å². The van der Waals surface area contributed by atoms with Crippen LogP contribution in [0.2, 0.25) is 0 Å². The zero-order chi connectivity index (χ0) is 19.0. The maximum absolute atomic E-state index is 12.6. The summed E-state index contributed by atoms with van der Waals surface area (Å²) in [5.74, 6) is -1.02. The first-order valence-electron chi connectivity index (χ1n) is 8.59. The maximum atomic E-state index is 12.6. The summed E-state index contributed by atoms with van der Waals surface area (Å²) in [5, 5.41) is 0. The van der Waals surface area contributed by atoms with Gasteiger partial charge in [0, 0.05) is 24.7 Å². The largest absolute Gasteiger partial charge is 0.382 e. The molecule has 138 valence electrons. The van der Waals surface area contributed by atoms with Crippen molar-refractivity contribution in [3.05, 3.63) is 77.0 Å². The van der Waals surface area contributed by atoms with E-state index in [2.05, 4.69) is 0 Å². The first kappa shape index (κ1) is 17.5. The zero-order valence-electron chi connectivity index (χ0n) is 14.4. The number of Topliss-reactive ketones (excluding diaryl/α,β-unsaturated/α-hetero) is 1. The molecule has 4 rings (SSSR count). The van der Waals surface area contributed by atoms with E-state index in [0.29, 0.717) is 12.1 Å². The smallest absolute Gasteiger partial charge is 0.309 e. The van der Waals surface area contributed by atoms with E-state index in [4.69, 9.17) is 4.18 Å². The first-order valence-corrected chi connectivity index (χ1v) is 10.2. The van der Waals surface area contributed by atoms with E-state index in [1.165, 1.54) is 24.3 Å². The Morgan fingerprint density at radius 2 is 1.70 bits per heavy atom. The molecule has 2 aliphatic rings. The number of nitrogens with zero attached hydrogens (tertiary/aromatic N) is 1. The summed E-state index contributed by atoms with van der Waals surface area (Å²) < 4.78 is 30.0. The summed E-state index contributed by atoms with van der Waals surface area (Å²) in [4.78, 5) is 26.9. The Morgan fingerprint density at radius 1 is 0.963 bits per heavy atom. The number of fused-ring (bicyclic) bond motifs is 1. The predicted molar refractivity (Wildman–Crippen MR) is 99.3 cm³/mol. The number of aryl methyl sites for hydroxylation is 1. The molecule has 1 heterocycles. The molecule has 1 fully saturated rings. The molecule has 1 aliphatic heterocycles. The lowest BCUT2D eigenvalue weighted by Gasteiger charge is -2.18. The Labute approximate surface area is 157 Å². The minimum atomic E-state index is -3.92. The van der Waals surface area contributed by atoms with Crippen LogP contribution in [0, 0.1) is 0 Å². The highest BCUT2D eigenvalue weighted by Gasteiger charge is 2.35. The van der Waals surface area contributed by atoms with E-state index >= 15 is 0 Å². The second kappa shape index (κ2) is 6.66. The number of ketones is 2. The number of benzene rings is 2. The average molecular weight is 383 g/mol. The van der Waals surface area contributed by atoms with Crippen molar-refractivity contribution < 1.29 is 22.2 Å². The Bertz CT molecular complexity index is 1050. The molecule has 6 nitrogen and oxygen atoms in total. The van der Waals surface area contributed by atoms with Gasteiger partial charge in [0.25, 0.3) is 0 Å². The molecule has 0 unspecified atom stereocenters. The van der Waals surface area contributed by atoms with Crippen LogP contribution in [-0.2, 0) is 16.5 Å². The van der Waals surface area contributed by atoms with Gasteiger partial charge in [-0.2, -0.15) is 8.42 Å². The SMILES string of the molecule is O=C1C(N2CC2)=CC(=O)c2c(OS(=O)(=O)CCc3ccccc3)cccc21. The highest BCUT2D eigenvalue weighted by atomic mass is 32.2. The topological polar surface area (TPSA) is 80.5 Å². The van der Waals surface area contributed by atoms with E-state index in [0.717, 1.165) is 18.7 Å². The highest BCUT2D eigenvalue weighted by Crippen LogP contribution is 2.32. The Balaban J connectivity index is 1.58. The Kier molecular flexibility index (Phi) is 4.31. The van der Waals surface area contributed by atoms with Crippen LogP contribution in [0.15, 0.2) is 60.3 Å². The van der Waals surface area contributed by atoms with Crippen molar-refractivity contribution in [1.82, 2.24) is 4.90 Å². The van der Waals surface area contributed by atoms with Gasteiger partial charge in [-0.1, -0.05) is 36.4 Å². The summed E-state index contributed by atoms with van der Waals surface area (Å²) >= 11 is 0. The van der Waals surface area contributed by atoms with E-state index in [1.54, 1.807) is 4.90 Å². The fourth-order valence-corrected chi connectivity index (χ4v) is 4.02. The summed E-state index contributed by atoms with van der Waals surface area (Å²) in [6.07, 6.45) is 1.56. The third kappa shape index (κ3) is 3.64. The molecule has 0 amide bonds. The highest BCUT2D eigenvalue weighted by molar-refractivity contribution is 7.87. The molecule has 27 heavy (non-hydrogen) atoms. The molecule has 0 bridgehead atoms. The summed E-state index contributed by atoms with van der Waals surface area (Å²) in [6, 6.07) is 13.6. The normalized spacial score (nSPS) is 16.0. The molecular weight excluding hydrogens is 366 g/mol. The lowest BCUT2D eigenvalue weighted by Crippen LogP contribution is -2.23. The molecule has 0 N–H and O–H groups in total. The van der Waals surface area contributed by atoms with Crippen molar-refractivity contribution in [2.24, 2.45) is 0 Å². The lowest BCUT2D eigenvalue weighted by molar-refractivity contribution is 0.0969. The van der Waals surface area contributed by atoms with Crippen LogP contribution in [0.1, 0.15) is 26.3 Å². The van der Waals surface area contributed by atoms with Crippen molar-refractivity contribution >= 4 is 21.7 Å². The molecule has 0 atom stereocenters. The fraction of sp³-hybridized carbons (Fsp3) is 0.200. The van der Waals surface area contributed by atoms with Crippen molar-refractivity contribution in [2.75, 3.05) is 18.8 Å². The van der Waals surface area contributed by atoms with E-state index in [1.807, 2.05) is 30.3 Å². The van der Waals surface area contributed by atoms with Crippen LogP contribution in [-0.4, -0.2) is 43.7 Å². The van der Waals surface area contributed by atoms with Crippen LogP contribution in [0.5, 0.6) is 5.75 Å². The lowest BCUT2D eigenvalue weighted by atomic mass is 9.92. The molecule has 0 saturated carbocycles. The summed E-state index contributed by atoms with van der Waals surface area (Å²) in [5.41, 5.74) is 1.42. The van der Waals surface area contributed by atoms with Crippen LogP contribution < -0.4 is 4.18 Å². The third-order valence-electron chi connectivity index (χ3n) is 4.51. The molecule has 0 radical (unpaired) electrons. The maximum Gasteiger partial charge on any atom is 0.309 e. The molecule has 7 heteroatoms. The van der Waals surface area contributed by atoms with Gasteiger partial charge >= 0.3 is 10.1 Å². The molecular formula is C20H17NO5S. The van der Waals surface area contributed by atoms with E-state index in [9.17, 15) is 18.0 Å². The van der Waals surface area contributed by atoms with E-state index < -0.39 is 15.9 Å². The molecule has 2 aromatic rings. The van der Waals surface area contributed by atoms with Gasteiger partial charge in [0.15, 0.2) is 11.5 Å². The second-order valence-electron chi connectivity index (χ2n) is 6.47. The van der Waals surface area contributed by atoms with E-state index in [-0.39, 0.29) is 28.4 Å². The number of carbonyl (C=O) groups is 2. The molecule has 1 saturated heterocycles. The zero-order valence-corrected chi connectivity index (χ0v) is 15.2. The minimum Gasteiger partial charge on any atom is -0.382 e. The second-order valence-corrected chi connectivity index (χ2v) is 8.16. The monoisotopic (exact) mass is 383 g/mol. The standard InChI is InChI=1S/C20H17NO5S/c22-17-13-16(21-10-11-21)20(23)15-7-4-8-18(19(15)17)26-27(24,25)12-9-14-5-2-1-3-6-14/h1-8,13H,9-12H2. The van der Waals surface area contributed by atoms with Crippen LogP contribution in [0.4, 0.5) is 0 Å². The Hall–Kier alpha value is -2.93. The fourth-order valence-electron chi connectivity index (χ4n) is 3.04. The number of carbonyl (C=O) groups excluding carboxylic acids is 2. The number of allylic oxidation sites excluding steroid dienone is 2. The average Bonchev–Trinajstić information content (AvgIpc) is 3.49. The van der Waals surface area contributed by atoms with Crippen LogP contribution in [0.3, 0.4) is 0 Å². The molecule has 1 aliphatic carbocycles. The van der Waals surface area contributed by atoms with Crippen molar-refractivity contribution in [3.63, 3.8) is 0 Å². The number of rotatable bonds is 6. The third-order valence-corrected chi connectivity index (χ3v) is 5.64. The van der Waals surface area contributed by atoms with Crippen LogP contribution in [0.25, 0.3) is 0 Å². The van der Waals surface area contributed by atoms with Crippen molar-refractivity contribution in [1.29, 1.82) is 0 Å². The summed E-state index contributed by atoms with van der Waals surface area (Å²) in [7, 11) is -3.92. The van der Waals surface area contributed by atoms with Gasteiger partial charge in [0.05, 0.1) is 17.0 Å². The predicted octanol–water partition coefficient (Wildman–Crippen LogP) is 2.22. The molecule has 2 aromatic carbocycles. The van der Waals surface area contributed by atoms with Crippen molar-refractivity contribution in [2.45, 2.75) is 6.42 Å². The minimum absolute atomic E-state index is 0.0105. The van der Waals surface area contributed by atoms with Gasteiger partial charge < -0.3 is 9.08 Å². The molecule has 0 aromatic heterocycles. The van der Waals surface area contributed by atoms with Crippen LogP contribution >= 0.6 is 0 Å². The summed E-state index contributed by atoms with van der Waals surface area (Å²) in [6.45, 7) is 1.48. The number of hydrogen-bond acceptors (Lipinski definition) is 6. The first-order chi connectivity index (χ1) is 12.9. The van der Waals surface area contributed by atoms with Gasteiger partial charge in [-0.25, -0.2) is 0 Å². The Morgan fingerprint density at radius 3 is 2.41 bits per heavy atom.